The van der Waals surface area contributed by atoms with Crippen LogP contribution in [0.15, 0.2) is 42.5 Å². The van der Waals surface area contributed by atoms with Crippen LogP contribution in [0.5, 0.6) is 0 Å². The lowest BCUT2D eigenvalue weighted by Gasteiger charge is -2.13. The van der Waals surface area contributed by atoms with Crippen molar-refractivity contribution in [2.75, 3.05) is 6.61 Å². The maximum atomic E-state index is 11.3. The molecule has 0 spiro atoms. The normalized spacial score (nSPS) is 11.8. The molecule has 1 atom stereocenters. The minimum atomic E-state index is -0.705. The number of hydrogen-bond donors (Lipinski definition) is 0. The molecule has 0 amide bonds. The molecule has 0 N–H and O–H groups in total. The van der Waals surface area contributed by atoms with Gasteiger partial charge in [0.2, 0.25) is 0 Å². The number of carbonyl (C=O) groups excluding carboxylic acids is 1. The van der Waals surface area contributed by atoms with E-state index in [2.05, 4.69) is 0 Å². The lowest BCUT2D eigenvalue weighted by molar-refractivity contribution is 0.0384. The molecule has 0 aliphatic carbocycles. The van der Waals surface area contributed by atoms with Crippen LogP contribution in [0.4, 0.5) is 4.79 Å². The first kappa shape index (κ1) is 14.8. The van der Waals surface area contributed by atoms with Gasteiger partial charge in [0.1, 0.15) is 6.10 Å². The van der Waals surface area contributed by atoms with Crippen LogP contribution in [0.2, 0.25) is 0 Å². The molecule has 19 heavy (non-hydrogen) atoms. The number of hydrogen-bond acceptors (Lipinski definition) is 4. The molecule has 0 aromatic heterocycles. The Morgan fingerprint density at radius 1 is 1.42 bits per heavy atom. The van der Waals surface area contributed by atoms with Gasteiger partial charge in [-0.15, -0.1) is 0 Å². The Morgan fingerprint density at radius 3 is 2.79 bits per heavy atom. The van der Waals surface area contributed by atoms with Gasteiger partial charge in [-0.25, -0.2) is 4.79 Å². The molecule has 0 unspecified atom stereocenters. The summed E-state index contributed by atoms with van der Waals surface area (Å²) in [6, 6.07) is 11.8. The predicted octanol–water partition coefficient (Wildman–Crippen LogP) is 3.24. The van der Waals surface area contributed by atoms with Crippen molar-refractivity contribution in [3.05, 3.63) is 48.0 Å². The van der Waals surface area contributed by atoms with Crippen LogP contribution in [0.25, 0.3) is 0 Å². The molecule has 1 aromatic rings. The van der Waals surface area contributed by atoms with Gasteiger partial charge < -0.3 is 9.47 Å². The van der Waals surface area contributed by atoms with Gasteiger partial charge in [0.25, 0.3) is 0 Å². The van der Waals surface area contributed by atoms with Crippen LogP contribution in [-0.2, 0) is 15.9 Å². The highest BCUT2D eigenvalue weighted by Gasteiger charge is 2.12. The van der Waals surface area contributed by atoms with Crippen LogP contribution in [0.1, 0.15) is 18.9 Å². The summed E-state index contributed by atoms with van der Waals surface area (Å²) in [5, 5.41) is 8.53. The van der Waals surface area contributed by atoms with Gasteiger partial charge in [-0.3, -0.25) is 0 Å². The Labute approximate surface area is 113 Å². The van der Waals surface area contributed by atoms with Gasteiger partial charge in [0, 0.05) is 6.08 Å². The molecule has 1 rings (SSSR count). The SMILES string of the molecule is CCOC(=O)O[C@@H](/C=C/C#N)CCc1ccccc1. The van der Waals surface area contributed by atoms with E-state index < -0.39 is 12.3 Å². The molecular weight excluding hydrogens is 242 g/mol. The van der Waals surface area contributed by atoms with Gasteiger partial charge >= 0.3 is 6.16 Å². The van der Waals surface area contributed by atoms with E-state index in [0.717, 1.165) is 12.0 Å². The van der Waals surface area contributed by atoms with E-state index in [-0.39, 0.29) is 6.61 Å². The second kappa shape index (κ2) is 8.76. The number of benzene rings is 1. The molecular formula is C15H17NO3. The monoisotopic (exact) mass is 259 g/mol. The van der Waals surface area contributed by atoms with Crippen molar-refractivity contribution >= 4 is 6.16 Å². The number of rotatable bonds is 6. The highest BCUT2D eigenvalue weighted by Crippen LogP contribution is 2.09. The predicted molar refractivity (Wildman–Crippen MR) is 71.4 cm³/mol. The minimum Gasteiger partial charge on any atom is -0.435 e. The number of nitriles is 1. The van der Waals surface area contributed by atoms with Crippen molar-refractivity contribution in [1.29, 1.82) is 5.26 Å². The molecule has 0 saturated heterocycles. The van der Waals surface area contributed by atoms with Gasteiger partial charge in [0.15, 0.2) is 0 Å². The van der Waals surface area contributed by atoms with Crippen LogP contribution >= 0.6 is 0 Å². The smallest absolute Gasteiger partial charge is 0.435 e. The third-order valence-electron chi connectivity index (χ3n) is 2.46. The first-order valence-corrected chi connectivity index (χ1v) is 6.20. The summed E-state index contributed by atoms with van der Waals surface area (Å²) < 4.78 is 9.84. The van der Waals surface area contributed by atoms with E-state index in [1.807, 2.05) is 36.4 Å². The number of ether oxygens (including phenoxy) is 2. The zero-order valence-electron chi connectivity index (χ0n) is 10.9. The molecule has 4 heteroatoms. The Morgan fingerprint density at radius 2 is 2.16 bits per heavy atom. The average Bonchev–Trinajstić information content (AvgIpc) is 2.43. The van der Waals surface area contributed by atoms with Crippen molar-refractivity contribution in [3.8, 4) is 6.07 Å². The van der Waals surface area contributed by atoms with Crippen LogP contribution in [0, 0.1) is 11.3 Å². The van der Waals surface area contributed by atoms with Gasteiger partial charge in [-0.2, -0.15) is 5.26 Å². The quantitative estimate of drug-likeness (QED) is 0.581. The van der Waals surface area contributed by atoms with Gasteiger partial charge in [-0.05, 0) is 31.4 Å². The van der Waals surface area contributed by atoms with Gasteiger partial charge in [-0.1, -0.05) is 30.3 Å². The first-order chi connectivity index (χ1) is 9.26. The second-order valence-electron chi connectivity index (χ2n) is 3.85. The summed E-state index contributed by atoms with van der Waals surface area (Å²) >= 11 is 0. The van der Waals surface area contributed by atoms with Crippen molar-refractivity contribution in [3.63, 3.8) is 0 Å². The third-order valence-corrected chi connectivity index (χ3v) is 2.46. The summed E-state index contributed by atoms with van der Waals surface area (Å²) in [6.45, 7) is 1.98. The van der Waals surface area contributed by atoms with E-state index in [9.17, 15) is 4.79 Å². The van der Waals surface area contributed by atoms with E-state index in [4.69, 9.17) is 14.7 Å². The van der Waals surface area contributed by atoms with Crippen LogP contribution < -0.4 is 0 Å². The summed E-state index contributed by atoms with van der Waals surface area (Å²) in [6.07, 6.45) is 3.11. The first-order valence-electron chi connectivity index (χ1n) is 6.20. The summed E-state index contributed by atoms with van der Waals surface area (Å²) in [5.41, 5.74) is 1.16. The largest absolute Gasteiger partial charge is 0.508 e. The van der Waals surface area contributed by atoms with E-state index in [1.54, 1.807) is 13.0 Å². The summed E-state index contributed by atoms with van der Waals surface area (Å²) in [4.78, 5) is 11.3. The fraction of sp³-hybridized carbons (Fsp3) is 0.333. The van der Waals surface area contributed by atoms with Crippen LogP contribution in [0.3, 0.4) is 0 Å². The lowest BCUT2D eigenvalue weighted by Crippen LogP contribution is -2.18. The van der Waals surface area contributed by atoms with E-state index in [1.165, 1.54) is 6.08 Å². The zero-order valence-corrected chi connectivity index (χ0v) is 10.9. The molecule has 0 heterocycles. The molecule has 4 nitrogen and oxygen atoms in total. The van der Waals surface area contributed by atoms with Crippen molar-refractivity contribution in [2.45, 2.75) is 25.9 Å². The average molecular weight is 259 g/mol. The molecule has 0 aliphatic rings. The lowest BCUT2D eigenvalue weighted by atomic mass is 10.1. The van der Waals surface area contributed by atoms with Crippen molar-refractivity contribution < 1.29 is 14.3 Å². The van der Waals surface area contributed by atoms with E-state index in [0.29, 0.717) is 6.42 Å². The number of carbonyl (C=O) groups is 1. The maximum Gasteiger partial charge on any atom is 0.508 e. The molecule has 0 radical (unpaired) electrons. The Kier molecular flexibility index (Phi) is 6.81. The molecule has 0 aliphatic heterocycles. The fourth-order valence-corrected chi connectivity index (χ4v) is 1.57. The summed E-state index contributed by atoms with van der Waals surface area (Å²) in [5.74, 6) is 0. The highest BCUT2D eigenvalue weighted by atomic mass is 16.7. The van der Waals surface area contributed by atoms with Crippen molar-refractivity contribution in [2.24, 2.45) is 0 Å². The molecule has 0 fully saturated rings. The molecule has 100 valence electrons. The van der Waals surface area contributed by atoms with Crippen molar-refractivity contribution in [1.82, 2.24) is 0 Å². The molecule has 0 bridgehead atoms. The Hall–Kier alpha value is -2.28. The topological polar surface area (TPSA) is 59.3 Å². The minimum absolute atomic E-state index is 0.270. The van der Waals surface area contributed by atoms with Crippen LogP contribution in [-0.4, -0.2) is 18.9 Å². The maximum absolute atomic E-state index is 11.3. The number of nitrogens with zero attached hydrogens (tertiary/aromatic N) is 1. The number of allylic oxidation sites excluding steroid dienone is 1. The van der Waals surface area contributed by atoms with E-state index >= 15 is 0 Å². The summed E-state index contributed by atoms with van der Waals surface area (Å²) in [7, 11) is 0. The Bertz CT molecular complexity index is 448. The third kappa shape index (κ3) is 6.27. The second-order valence-corrected chi connectivity index (χ2v) is 3.85. The molecule has 1 aromatic carbocycles. The Balaban J connectivity index is 2.52. The highest BCUT2D eigenvalue weighted by molar-refractivity contribution is 5.60. The van der Waals surface area contributed by atoms with Gasteiger partial charge in [0.05, 0.1) is 12.7 Å². The number of aryl methyl sites for hydroxylation is 1. The molecule has 0 saturated carbocycles. The zero-order chi connectivity index (χ0) is 13.9. The standard InChI is InChI=1S/C15H17NO3/c1-2-18-15(17)19-14(9-6-12-16)11-10-13-7-4-3-5-8-13/h3-9,14H,2,10-11H2,1H3/b9-6+/t14-/m0/s1. The fourth-order valence-electron chi connectivity index (χ4n) is 1.57.